The normalized spacial score (nSPS) is 40.7. The van der Waals surface area contributed by atoms with Gasteiger partial charge in [0.25, 0.3) is 0 Å². The number of thioether (sulfide) groups is 1. The highest BCUT2D eigenvalue weighted by Crippen LogP contribution is 2.44. The van der Waals surface area contributed by atoms with Gasteiger partial charge in [-0.15, -0.1) is 0 Å². The highest BCUT2D eigenvalue weighted by molar-refractivity contribution is 8.00. The first kappa shape index (κ1) is 14.7. The maximum Gasteiger partial charge on any atom is 0.0234 e. The van der Waals surface area contributed by atoms with E-state index in [4.69, 9.17) is 0 Å². The van der Waals surface area contributed by atoms with Crippen LogP contribution in [0.5, 0.6) is 0 Å². The molecule has 1 N–H and O–H groups in total. The Hall–Kier alpha value is 0.310. The molecule has 4 unspecified atom stereocenters. The molecule has 0 saturated heterocycles. The second-order valence-corrected chi connectivity index (χ2v) is 8.76. The van der Waals surface area contributed by atoms with E-state index in [1.54, 1.807) is 0 Å². The fourth-order valence-electron chi connectivity index (χ4n) is 4.06. The van der Waals surface area contributed by atoms with Crippen LogP contribution in [0.25, 0.3) is 0 Å². The topological polar surface area (TPSA) is 12.0 Å². The molecule has 0 spiro atoms. The largest absolute Gasteiger partial charge is 0.315 e. The summed E-state index contributed by atoms with van der Waals surface area (Å²) in [6, 6.07) is 0.702. The molecular weight excluding hydrogens is 238 g/mol. The highest BCUT2D eigenvalue weighted by atomic mass is 32.2. The molecule has 106 valence electrons. The van der Waals surface area contributed by atoms with Crippen molar-refractivity contribution in [3.63, 3.8) is 0 Å². The summed E-state index contributed by atoms with van der Waals surface area (Å²) in [6.45, 7) is 7.34. The van der Waals surface area contributed by atoms with E-state index in [0.717, 1.165) is 16.4 Å². The molecule has 2 saturated carbocycles. The molecule has 2 aliphatic rings. The summed E-state index contributed by atoms with van der Waals surface area (Å²) in [4.78, 5) is 0. The van der Waals surface area contributed by atoms with Gasteiger partial charge < -0.3 is 5.32 Å². The van der Waals surface area contributed by atoms with Gasteiger partial charge >= 0.3 is 0 Å². The van der Waals surface area contributed by atoms with E-state index in [-0.39, 0.29) is 0 Å². The van der Waals surface area contributed by atoms with Crippen LogP contribution in [-0.2, 0) is 0 Å². The molecule has 0 aliphatic heterocycles. The predicted octanol–water partition coefficient (Wildman–Crippen LogP) is 4.47. The molecule has 0 amide bonds. The summed E-state index contributed by atoms with van der Waals surface area (Å²) in [5.41, 5.74) is 0.477. The lowest BCUT2D eigenvalue weighted by Gasteiger charge is -2.45. The maximum absolute atomic E-state index is 3.62. The van der Waals surface area contributed by atoms with E-state index in [0.29, 0.717) is 11.5 Å². The Kier molecular flexibility index (Phi) is 5.05. The Balaban J connectivity index is 1.94. The number of rotatable bonds is 3. The van der Waals surface area contributed by atoms with Crippen LogP contribution in [0.2, 0.25) is 0 Å². The van der Waals surface area contributed by atoms with Crippen molar-refractivity contribution >= 4 is 11.8 Å². The van der Waals surface area contributed by atoms with Crippen molar-refractivity contribution in [2.75, 3.05) is 7.05 Å². The van der Waals surface area contributed by atoms with Crippen molar-refractivity contribution < 1.29 is 0 Å². The first-order valence-corrected chi connectivity index (χ1v) is 8.80. The molecule has 2 rings (SSSR count). The Morgan fingerprint density at radius 1 is 1.11 bits per heavy atom. The fraction of sp³-hybridized carbons (Fsp3) is 1.00. The zero-order valence-electron chi connectivity index (χ0n) is 12.7. The van der Waals surface area contributed by atoms with Gasteiger partial charge in [-0.1, -0.05) is 40.0 Å². The van der Waals surface area contributed by atoms with Crippen LogP contribution >= 0.6 is 11.8 Å². The lowest BCUT2D eigenvalue weighted by atomic mass is 9.73. The Labute approximate surface area is 118 Å². The first-order valence-electron chi connectivity index (χ1n) is 7.85. The van der Waals surface area contributed by atoms with E-state index in [1.807, 2.05) is 0 Å². The van der Waals surface area contributed by atoms with Crippen LogP contribution in [0.1, 0.15) is 65.7 Å². The Bertz CT molecular complexity index is 264. The summed E-state index contributed by atoms with van der Waals surface area (Å²) < 4.78 is 0. The van der Waals surface area contributed by atoms with Crippen LogP contribution in [0.3, 0.4) is 0 Å². The lowest BCUT2D eigenvalue weighted by molar-refractivity contribution is 0.182. The van der Waals surface area contributed by atoms with Crippen molar-refractivity contribution in [1.29, 1.82) is 0 Å². The van der Waals surface area contributed by atoms with Gasteiger partial charge in [0.05, 0.1) is 0 Å². The van der Waals surface area contributed by atoms with Gasteiger partial charge in [-0.2, -0.15) is 11.8 Å². The fourth-order valence-corrected chi connectivity index (χ4v) is 6.26. The van der Waals surface area contributed by atoms with Gasteiger partial charge in [-0.25, -0.2) is 0 Å². The van der Waals surface area contributed by atoms with Crippen molar-refractivity contribution in [1.82, 2.24) is 5.32 Å². The summed E-state index contributed by atoms with van der Waals surface area (Å²) >= 11 is 2.32. The molecule has 2 heteroatoms. The molecule has 1 nitrogen and oxygen atoms in total. The van der Waals surface area contributed by atoms with Crippen LogP contribution in [0.15, 0.2) is 0 Å². The number of hydrogen-bond acceptors (Lipinski definition) is 2. The molecule has 2 aliphatic carbocycles. The van der Waals surface area contributed by atoms with Crippen molar-refractivity contribution in [2.45, 2.75) is 82.3 Å². The minimum atomic E-state index is 0.477. The van der Waals surface area contributed by atoms with Crippen LogP contribution in [0.4, 0.5) is 0 Å². The van der Waals surface area contributed by atoms with Gasteiger partial charge in [0.1, 0.15) is 0 Å². The lowest BCUT2D eigenvalue weighted by Crippen LogP contribution is -2.50. The van der Waals surface area contributed by atoms with Gasteiger partial charge in [-0.3, -0.25) is 0 Å². The van der Waals surface area contributed by atoms with Crippen LogP contribution < -0.4 is 5.32 Å². The standard InChI is InChI=1S/C16H31NS/c1-12-7-5-8-13(11-12)18-14-9-6-10-16(2,3)15(14)17-4/h12-15,17H,5-11H2,1-4H3. The number of hydrogen-bond donors (Lipinski definition) is 1. The Morgan fingerprint density at radius 3 is 2.56 bits per heavy atom. The van der Waals surface area contributed by atoms with Crippen LogP contribution in [0, 0.1) is 11.3 Å². The van der Waals surface area contributed by atoms with Crippen LogP contribution in [-0.4, -0.2) is 23.6 Å². The number of nitrogens with one attached hydrogen (secondary N) is 1. The smallest absolute Gasteiger partial charge is 0.0234 e. The van der Waals surface area contributed by atoms with Gasteiger partial charge in [0.2, 0.25) is 0 Å². The molecular formula is C16H31NS. The SMILES string of the molecule is CNC1C(SC2CCCC(C)C2)CCCC1(C)C. The van der Waals surface area contributed by atoms with Crippen molar-refractivity contribution in [3.05, 3.63) is 0 Å². The minimum Gasteiger partial charge on any atom is -0.315 e. The zero-order chi connectivity index (χ0) is 13.2. The molecule has 0 bridgehead atoms. The third kappa shape index (κ3) is 3.45. The van der Waals surface area contributed by atoms with E-state index in [9.17, 15) is 0 Å². The van der Waals surface area contributed by atoms with E-state index < -0.39 is 0 Å². The summed E-state index contributed by atoms with van der Waals surface area (Å²) in [7, 11) is 2.16. The monoisotopic (exact) mass is 269 g/mol. The molecule has 0 aromatic rings. The van der Waals surface area contributed by atoms with Gasteiger partial charge in [0.15, 0.2) is 0 Å². The highest BCUT2D eigenvalue weighted by Gasteiger charge is 2.39. The van der Waals surface area contributed by atoms with Gasteiger partial charge in [-0.05, 0) is 44.1 Å². The average Bonchev–Trinajstić information content (AvgIpc) is 2.28. The molecule has 0 aromatic heterocycles. The Morgan fingerprint density at radius 2 is 1.89 bits per heavy atom. The van der Waals surface area contributed by atoms with E-state index in [1.165, 1.54) is 44.9 Å². The second-order valence-electron chi connectivity index (χ2n) is 7.22. The third-order valence-electron chi connectivity index (χ3n) is 5.09. The first-order chi connectivity index (χ1) is 8.53. The van der Waals surface area contributed by atoms with E-state index >= 15 is 0 Å². The molecule has 0 radical (unpaired) electrons. The predicted molar refractivity (Wildman–Crippen MR) is 83.3 cm³/mol. The molecule has 18 heavy (non-hydrogen) atoms. The maximum atomic E-state index is 3.62. The average molecular weight is 269 g/mol. The van der Waals surface area contributed by atoms with Crippen molar-refractivity contribution in [2.24, 2.45) is 11.3 Å². The second kappa shape index (κ2) is 6.17. The summed E-state index contributed by atoms with van der Waals surface area (Å²) in [6.07, 6.45) is 10.1. The summed E-state index contributed by atoms with van der Waals surface area (Å²) in [5.74, 6) is 0.959. The third-order valence-corrected chi connectivity index (χ3v) is 6.76. The molecule has 0 heterocycles. The zero-order valence-corrected chi connectivity index (χ0v) is 13.5. The minimum absolute atomic E-state index is 0.477. The molecule has 0 aromatic carbocycles. The van der Waals surface area contributed by atoms with E-state index in [2.05, 4.69) is 44.9 Å². The van der Waals surface area contributed by atoms with Crippen molar-refractivity contribution in [3.8, 4) is 0 Å². The molecule has 2 fully saturated rings. The quantitative estimate of drug-likeness (QED) is 0.811. The van der Waals surface area contributed by atoms with Gasteiger partial charge in [0, 0.05) is 16.5 Å². The molecule has 4 atom stereocenters. The summed E-state index contributed by atoms with van der Waals surface area (Å²) in [5, 5.41) is 5.40.